The van der Waals surface area contributed by atoms with Gasteiger partial charge in [-0.2, -0.15) is 0 Å². The zero-order chi connectivity index (χ0) is 19.0. The predicted octanol–water partition coefficient (Wildman–Crippen LogP) is 3.53. The van der Waals surface area contributed by atoms with Crippen LogP contribution in [-0.4, -0.2) is 40.3 Å². The molecule has 2 aromatic rings. The summed E-state index contributed by atoms with van der Waals surface area (Å²) < 4.78 is 27.0. The van der Waals surface area contributed by atoms with Crippen molar-refractivity contribution in [2.75, 3.05) is 19.6 Å². The number of phenolic OH excluding ortho intramolecular Hbond substituents is 1. The van der Waals surface area contributed by atoms with Crippen LogP contribution in [0.25, 0.3) is 0 Å². The molecule has 2 fully saturated rings. The fourth-order valence-electron chi connectivity index (χ4n) is 4.85. The normalized spacial score (nSPS) is 27.8. The number of aliphatic hydroxyl groups is 1. The van der Waals surface area contributed by atoms with E-state index in [4.69, 9.17) is 0 Å². The number of phenols is 1. The second-order valence-corrected chi connectivity index (χ2v) is 8.24. The number of fused-ring (bicyclic) bond motifs is 1. The van der Waals surface area contributed by atoms with Crippen molar-refractivity contribution in [2.45, 2.75) is 31.3 Å². The summed E-state index contributed by atoms with van der Waals surface area (Å²) in [6.07, 6.45) is 2.53. The Bertz CT molecular complexity index is 794. The van der Waals surface area contributed by atoms with Crippen LogP contribution in [0.3, 0.4) is 0 Å². The molecular weight excluding hydrogens is 348 g/mol. The molecule has 2 aromatic carbocycles. The summed E-state index contributed by atoms with van der Waals surface area (Å²) in [4.78, 5) is 2.43. The Kier molecular flexibility index (Phi) is 4.91. The van der Waals surface area contributed by atoms with Crippen molar-refractivity contribution in [3.05, 3.63) is 65.2 Å². The summed E-state index contributed by atoms with van der Waals surface area (Å²) in [7, 11) is 0. The quantitative estimate of drug-likeness (QED) is 0.843. The van der Waals surface area contributed by atoms with Crippen LogP contribution >= 0.6 is 0 Å². The molecule has 0 spiro atoms. The first kappa shape index (κ1) is 18.4. The molecule has 5 heteroatoms. The monoisotopic (exact) mass is 373 g/mol. The highest BCUT2D eigenvalue weighted by Gasteiger charge is 2.48. The predicted molar refractivity (Wildman–Crippen MR) is 99.5 cm³/mol. The largest absolute Gasteiger partial charge is 0.508 e. The van der Waals surface area contributed by atoms with Gasteiger partial charge in [-0.05, 0) is 60.4 Å². The van der Waals surface area contributed by atoms with Gasteiger partial charge in [-0.25, -0.2) is 8.78 Å². The van der Waals surface area contributed by atoms with Gasteiger partial charge < -0.3 is 15.1 Å². The summed E-state index contributed by atoms with van der Waals surface area (Å²) in [6, 6.07) is 10.9. The minimum absolute atomic E-state index is 0.250. The van der Waals surface area contributed by atoms with Gasteiger partial charge in [-0.1, -0.05) is 18.2 Å². The van der Waals surface area contributed by atoms with Gasteiger partial charge >= 0.3 is 0 Å². The number of rotatable bonds is 5. The standard InChI is InChI=1S/C22H25F2NO2/c23-19-4-3-16(21(24)9-19)10-22(27)11-17-13-25(14-18(17)12-22)8-7-15-1-5-20(26)6-2-15/h1-6,9,17-18,26-27H,7-8,10-14H2/t17-,18+,22?. The zero-order valence-corrected chi connectivity index (χ0v) is 15.2. The van der Waals surface area contributed by atoms with E-state index in [1.54, 1.807) is 12.1 Å². The third-order valence-corrected chi connectivity index (χ3v) is 6.12. The molecule has 0 amide bonds. The summed E-state index contributed by atoms with van der Waals surface area (Å²) >= 11 is 0. The molecule has 2 aliphatic rings. The molecule has 27 heavy (non-hydrogen) atoms. The summed E-state index contributed by atoms with van der Waals surface area (Å²) in [6.45, 7) is 2.87. The van der Waals surface area contributed by atoms with Crippen molar-refractivity contribution >= 4 is 0 Å². The van der Waals surface area contributed by atoms with Gasteiger partial charge in [-0.3, -0.25) is 0 Å². The van der Waals surface area contributed by atoms with Crippen molar-refractivity contribution in [3.8, 4) is 5.75 Å². The average molecular weight is 373 g/mol. The van der Waals surface area contributed by atoms with Crippen LogP contribution in [0.15, 0.2) is 42.5 Å². The highest BCUT2D eigenvalue weighted by molar-refractivity contribution is 5.26. The Hall–Kier alpha value is -1.98. The van der Waals surface area contributed by atoms with E-state index < -0.39 is 17.2 Å². The highest BCUT2D eigenvalue weighted by Crippen LogP contribution is 2.45. The van der Waals surface area contributed by atoms with E-state index in [0.29, 0.717) is 30.2 Å². The van der Waals surface area contributed by atoms with Crippen molar-refractivity contribution in [3.63, 3.8) is 0 Å². The molecule has 1 aliphatic heterocycles. The first-order valence-corrected chi connectivity index (χ1v) is 9.57. The fourth-order valence-corrected chi connectivity index (χ4v) is 4.85. The van der Waals surface area contributed by atoms with Gasteiger partial charge in [0.2, 0.25) is 0 Å². The molecule has 144 valence electrons. The first-order valence-electron chi connectivity index (χ1n) is 9.57. The molecule has 2 N–H and O–H groups in total. The van der Waals surface area contributed by atoms with E-state index in [0.717, 1.165) is 32.1 Å². The average Bonchev–Trinajstić information content (AvgIpc) is 3.11. The summed E-state index contributed by atoms with van der Waals surface area (Å²) in [5, 5.41) is 20.3. The molecule has 1 heterocycles. The lowest BCUT2D eigenvalue weighted by molar-refractivity contribution is 0.0347. The molecule has 0 aromatic heterocycles. The van der Waals surface area contributed by atoms with Crippen LogP contribution in [0.5, 0.6) is 5.75 Å². The van der Waals surface area contributed by atoms with E-state index in [1.165, 1.54) is 17.7 Å². The maximum Gasteiger partial charge on any atom is 0.129 e. The molecule has 3 atom stereocenters. The van der Waals surface area contributed by atoms with Crippen molar-refractivity contribution in [1.29, 1.82) is 0 Å². The van der Waals surface area contributed by atoms with E-state index in [2.05, 4.69) is 4.90 Å². The molecule has 0 radical (unpaired) electrons. The summed E-state index contributed by atoms with van der Waals surface area (Å²) in [5.41, 5.74) is 0.702. The van der Waals surface area contributed by atoms with Crippen LogP contribution < -0.4 is 0 Å². The van der Waals surface area contributed by atoms with Crippen molar-refractivity contribution < 1.29 is 19.0 Å². The number of halogens is 2. The van der Waals surface area contributed by atoms with E-state index in [-0.39, 0.29) is 12.2 Å². The van der Waals surface area contributed by atoms with E-state index in [9.17, 15) is 19.0 Å². The molecule has 1 aliphatic carbocycles. The molecule has 1 saturated heterocycles. The van der Waals surface area contributed by atoms with Gasteiger partial charge in [0.15, 0.2) is 0 Å². The van der Waals surface area contributed by atoms with Crippen LogP contribution in [0.2, 0.25) is 0 Å². The highest BCUT2D eigenvalue weighted by atomic mass is 19.1. The Morgan fingerprint density at radius 3 is 2.30 bits per heavy atom. The molecule has 1 saturated carbocycles. The van der Waals surface area contributed by atoms with Crippen molar-refractivity contribution in [1.82, 2.24) is 4.90 Å². The number of hydrogen-bond donors (Lipinski definition) is 2. The van der Waals surface area contributed by atoms with Gasteiger partial charge in [0, 0.05) is 32.1 Å². The Labute approximate surface area is 158 Å². The number of aromatic hydroxyl groups is 1. The molecule has 0 bridgehead atoms. The van der Waals surface area contributed by atoms with Gasteiger partial charge in [0.1, 0.15) is 17.4 Å². The topological polar surface area (TPSA) is 43.7 Å². The first-order chi connectivity index (χ1) is 12.9. The second kappa shape index (κ2) is 7.21. The van der Waals surface area contributed by atoms with Gasteiger partial charge in [0.25, 0.3) is 0 Å². The molecule has 3 nitrogen and oxygen atoms in total. The third-order valence-electron chi connectivity index (χ3n) is 6.12. The Morgan fingerprint density at radius 1 is 1.00 bits per heavy atom. The third kappa shape index (κ3) is 4.14. The maximum atomic E-state index is 13.9. The number of likely N-dealkylation sites (tertiary alicyclic amines) is 1. The number of hydrogen-bond acceptors (Lipinski definition) is 3. The van der Waals surface area contributed by atoms with E-state index >= 15 is 0 Å². The van der Waals surface area contributed by atoms with Gasteiger partial charge in [0.05, 0.1) is 5.60 Å². The van der Waals surface area contributed by atoms with E-state index in [1.807, 2.05) is 12.1 Å². The second-order valence-electron chi connectivity index (χ2n) is 8.24. The molecular formula is C22H25F2NO2. The van der Waals surface area contributed by atoms with Gasteiger partial charge in [-0.15, -0.1) is 0 Å². The van der Waals surface area contributed by atoms with Crippen LogP contribution in [-0.2, 0) is 12.8 Å². The number of benzene rings is 2. The minimum atomic E-state index is -0.892. The smallest absolute Gasteiger partial charge is 0.129 e. The molecule has 1 unspecified atom stereocenters. The SMILES string of the molecule is Oc1ccc(CCN2C[C@@H]3CC(O)(Cc4ccc(F)cc4F)C[C@@H]3C2)cc1. The maximum absolute atomic E-state index is 13.9. The van der Waals surface area contributed by atoms with Crippen LogP contribution in [0.1, 0.15) is 24.0 Å². The Morgan fingerprint density at radius 2 is 1.67 bits per heavy atom. The summed E-state index contributed by atoms with van der Waals surface area (Å²) in [5.74, 6) is -0.0187. The molecule has 4 rings (SSSR count). The van der Waals surface area contributed by atoms with Crippen LogP contribution in [0.4, 0.5) is 8.78 Å². The lowest BCUT2D eigenvalue weighted by Crippen LogP contribution is -2.33. The minimum Gasteiger partial charge on any atom is -0.508 e. The lowest BCUT2D eigenvalue weighted by Gasteiger charge is -2.26. The fraction of sp³-hybridized carbons (Fsp3) is 0.455. The number of nitrogens with zero attached hydrogens (tertiary/aromatic N) is 1. The lowest BCUT2D eigenvalue weighted by atomic mass is 9.91. The van der Waals surface area contributed by atoms with Crippen molar-refractivity contribution in [2.24, 2.45) is 11.8 Å². The Balaban J connectivity index is 1.31. The van der Waals surface area contributed by atoms with Crippen LogP contribution in [0, 0.1) is 23.5 Å². The zero-order valence-electron chi connectivity index (χ0n) is 15.2.